The molecule has 0 bridgehead atoms. The summed E-state index contributed by atoms with van der Waals surface area (Å²) in [7, 11) is 0. The number of thioether (sulfide) groups is 1. The highest BCUT2D eigenvalue weighted by molar-refractivity contribution is 8.04. The molecule has 4 rings (SSSR count). The molecule has 0 aliphatic carbocycles. The summed E-state index contributed by atoms with van der Waals surface area (Å²) in [6.45, 7) is 0.377. The Hall–Kier alpha value is -3.23. The van der Waals surface area contributed by atoms with Gasteiger partial charge in [0, 0.05) is 5.25 Å². The Morgan fingerprint density at radius 1 is 1.14 bits per heavy atom. The molecule has 1 N–H and O–H groups in total. The van der Waals surface area contributed by atoms with Gasteiger partial charge in [-0.25, -0.2) is 4.79 Å². The number of nitriles is 1. The Bertz CT molecular complexity index is 1130. The molecule has 1 unspecified atom stereocenters. The third-order valence-corrected chi connectivity index (χ3v) is 6.05. The van der Waals surface area contributed by atoms with E-state index < -0.39 is 5.97 Å². The summed E-state index contributed by atoms with van der Waals surface area (Å²) in [5.74, 6) is -0.364. The van der Waals surface area contributed by atoms with Crippen LogP contribution in [0.2, 0.25) is 0 Å². The third kappa shape index (κ3) is 3.73. The van der Waals surface area contributed by atoms with Crippen LogP contribution in [0.25, 0.3) is 10.8 Å². The predicted molar refractivity (Wildman–Crippen MR) is 110 cm³/mol. The molecule has 0 amide bonds. The van der Waals surface area contributed by atoms with E-state index in [0.717, 1.165) is 16.5 Å². The Kier molecular flexibility index (Phi) is 5.05. The molecular weight excluding hydrogens is 370 g/mol. The number of rotatable bonds is 5. The number of aliphatic carboxylic acids is 1. The maximum absolute atomic E-state index is 11.1. The van der Waals surface area contributed by atoms with Gasteiger partial charge in [0.05, 0.1) is 10.5 Å². The van der Waals surface area contributed by atoms with E-state index in [1.54, 1.807) is 18.2 Å². The van der Waals surface area contributed by atoms with E-state index in [9.17, 15) is 10.1 Å². The molecule has 5 heteroatoms. The molecule has 28 heavy (non-hydrogen) atoms. The van der Waals surface area contributed by atoms with Crippen molar-refractivity contribution in [1.29, 1.82) is 5.26 Å². The Morgan fingerprint density at radius 3 is 2.71 bits per heavy atom. The quantitative estimate of drug-likeness (QED) is 0.631. The summed E-state index contributed by atoms with van der Waals surface area (Å²) in [5.41, 5.74) is 2.43. The first-order valence-electron chi connectivity index (χ1n) is 8.88. The maximum atomic E-state index is 11.1. The molecule has 1 heterocycles. The van der Waals surface area contributed by atoms with E-state index >= 15 is 0 Å². The van der Waals surface area contributed by atoms with Crippen molar-refractivity contribution in [3.63, 3.8) is 0 Å². The number of carboxylic acids is 1. The molecule has 0 spiro atoms. The number of carboxylic acid groups (broad SMARTS) is 1. The van der Waals surface area contributed by atoms with Crippen LogP contribution >= 0.6 is 11.8 Å². The van der Waals surface area contributed by atoms with Crippen LogP contribution in [0.15, 0.2) is 71.6 Å². The van der Waals surface area contributed by atoms with Gasteiger partial charge in [-0.2, -0.15) is 5.26 Å². The highest BCUT2D eigenvalue weighted by Gasteiger charge is 2.24. The number of fused-ring (bicyclic) bond motifs is 1. The molecule has 0 radical (unpaired) electrons. The number of ether oxygens (including phenoxy) is 1. The molecule has 0 saturated carbocycles. The number of hydrogen-bond donors (Lipinski definition) is 1. The fourth-order valence-corrected chi connectivity index (χ4v) is 4.33. The van der Waals surface area contributed by atoms with Gasteiger partial charge in [-0.05, 0) is 46.5 Å². The van der Waals surface area contributed by atoms with Gasteiger partial charge in [-0.15, -0.1) is 11.8 Å². The molecule has 0 fully saturated rings. The van der Waals surface area contributed by atoms with E-state index in [0.29, 0.717) is 29.2 Å². The van der Waals surface area contributed by atoms with Crippen molar-refractivity contribution < 1.29 is 14.6 Å². The second kappa shape index (κ2) is 7.79. The summed E-state index contributed by atoms with van der Waals surface area (Å²) in [6, 6.07) is 22.0. The zero-order valence-corrected chi connectivity index (χ0v) is 15.8. The largest absolute Gasteiger partial charge is 0.488 e. The third-order valence-electron chi connectivity index (χ3n) is 4.70. The lowest BCUT2D eigenvalue weighted by Crippen LogP contribution is -1.99. The molecule has 1 aliphatic heterocycles. The van der Waals surface area contributed by atoms with Crippen LogP contribution in [-0.2, 0) is 11.4 Å². The van der Waals surface area contributed by atoms with Crippen LogP contribution in [0.5, 0.6) is 5.75 Å². The summed E-state index contributed by atoms with van der Waals surface area (Å²) < 4.78 is 5.90. The molecule has 3 aromatic carbocycles. The number of carbonyl (C=O) groups is 1. The fourth-order valence-electron chi connectivity index (χ4n) is 3.26. The number of nitrogens with zero attached hydrogens (tertiary/aromatic N) is 1. The van der Waals surface area contributed by atoms with Gasteiger partial charge in [-0.3, -0.25) is 0 Å². The highest BCUT2D eigenvalue weighted by Crippen LogP contribution is 2.44. The number of benzene rings is 3. The van der Waals surface area contributed by atoms with Gasteiger partial charge in [0.1, 0.15) is 18.4 Å². The van der Waals surface area contributed by atoms with E-state index in [1.165, 1.54) is 17.1 Å². The molecule has 3 aromatic rings. The lowest BCUT2D eigenvalue weighted by atomic mass is 10.1. The van der Waals surface area contributed by atoms with Crippen LogP contribution < -0.4 is 4.74 Å². The van der Waals surface area contributed by atoms with Gasteiger partial charge >= 0.3 is 5.97 Å². The van der Waals surface area contributed by atoms with Gasteiger partial charge in [0.2, 0.25) is 0 Å². The minimum Gasteiger partial charge on any atom is -0.488 e. The van der Waals surface area contributed by atoms with Crippen LogP contribution in [0.4, 0.5) is 0 Å². The minimum atomic E-state index is -0.900. The summed E-state index contributed by atoms with van der Waals surface area (Å²) in [6.07, 6.45) is 2.38. The fraction of sp³-hybridized carbons (Fsp3) is 0.130. The topological polar surface area (TPSA) is 70.3 Å². The van der Waals surface area contributed by atoms with Crippen LogP contribution in [0.3, 0.4) is 0 Å². The zero-order valence-electron chi connectivity index (χ0n) is 15.0. The Balaban J connectivity index is 1.49. The smallest absolute Gasteiger partial charge is 0.341 e. The lowest BCUT2D eigenvalue weighted by Gasteiger charge is -2.13. The molecule has 4 nitrogen and oxygen atoms in total. The molecule has 1 atom stereocenters. The maximum Gasteiger partial charge on any atom is 0.341 e. The van der Waals surface area contributed by atoms with Crippen molar-refractivity contribution in [2.75, 3.05) is 0 Å². The van der Waals surface area contributed by atoms with Crippen molar-refractivity contribution in [1.82, 2.24) is 0 Å². The SMILES string of the molecule is N#Cc1cc(C2CC=C(C(=O)O)S2)ccc1OCc1ccc2ccccc2c1. The minimum absolute atomic E-state index is 0.0211. The van der Waals surface area contributed by atoms with E-state index in [-0.39, 0.29) is 5.25 Å². The van der Waals surface area contributed by atoms with Crippen LogP contribution in [0.1, 0.15) is 28.4 Å². The predicted octanol–water partition coefficient (Wildman–Crippen LogP) is 5.44. The summed E-state index contributed by atoms with van der Waals surface area (Å²) in [4.78, 5) is 11.5. The molecular formula is C23H17NO3S. The lowest BCUT2D eigenvalue weighted by molar-refractivity contribution is -0.131. The normalized spacial score (nSPS) is 15.8. The zero-order chi connectivity index (χ0) is 19.5. The van der Waals surface area contributed by atoms with Gasteiger partial charge in [0.15, 0.2) is 0 Å². The van der Waals surface area contributed by atoms with Crippen LogP contribution in [-0.4, -0.2) is 11.1 Å². The van der Waals surface area contributed by atoms with E-state index in [2.05, 4.69) is 30.3 Å². The first kappa shape index (κ1) is 18.1. The number of allylic oxidation sites excluding steroid dienone is 1. The van der Waals surface area contributed by atoms with Crippen molar-refractivity contribution >= 4 is 28.5 Å². The van der Waals surface area contributed by atoms with Crippen molar-refractivity contribution in [3.8, 4) is 11.8 Å². The van der Waals surface area contributed by atoms with E-state index in [4.69, 9.17) is 9.84 Å². The highest BCUT2D eigenvalue weighted by atomic mass is 32.2. The average Bonchev–Trinajstić information content (AvgIpc) is 3.22. The second-order valence-corrected chi connectivity index (χ2v) is 7.80. The van der Waals surface area contributed by atoms with Crippen molar-refractivity contribution in [3.05, 3.63) is 88.3 Å². The monoisotopic (exact) mass is 387 g/mol. The first-order chi connectivity index (χ1) is 13.6. The number of hydrogen-bond acceptors (Lipinski definition) is 4. The molecule has 138 valence electrons. The molecule has 0 saturated heterocycles. The average molecular weight is 387 g/mol. The standard InChI is InChI=1S/C23H17NO3S/c24-13-19-12-18(21-9-10-22(28-21)23(25)26)7-8-20(19)27-14-15-5-6-16-3-1-2-4-17(16)11-15/h1-8,10-12,21H,9,14H2,(H,25,26). The Morgan fingerprint density at radius 2 is 1.96 bits per heavy atom. The molecule has 1 aliphatic rings. The van der Waals surface area contributed by atoms with Crippen LogP contribution in [0, 0.1) is 11.3 Å². The van der Waals surface area contributed by atoms with Gasteiger partial charge in [-0.1, -0.05) is 48.5 Å². The van der Waals surface area contributed by atoms with E-state index in [1.807, 2.05) is 24.3 Å². The van der Waals surface area contributed by atoms with Gasteiger partial charge < -0.3 is 9.84 Å². The molecule has 0 aromatic heterocycles. The Labute approximate surface area is 167 Å². The first-order valence-corrected chi connectivity index (χ1v) is 9.76. The second-order valence-electron chi connectivity index (χ2n) is 6.55. The summed E-state index contributed by atoms with van der Waals surface area (Å²) >= 11 is 1.32. The van der Waals surface area contributed by atoms with Gasteiger partial charge in [0.25, 0.3) is 0 Å². The van der Waals surface area contributed by atoms with Crippen molar-refractivity contribution in [2.45, 2.75) is 18.3 Å². The summed E-state index contributed by atoms with van der Waals surface area (Å²) in [5, 5.41) is 21.0. The van der Waals surface area contributed by atoms with Crippen molar-refractivity contribution in [2.24, 2.45) is 0 Å².